The SMILES string of the molecule is Cc1ccc2c(N)c(C(=O)N[C@H]3COc4cc(N5CC(C(F)F)[C@@H](N)C5)ccc4C3)sc2n1. The highest BCUT2D eigenvalue weighted by Gasteiger charge is 2.37. The van der Waals surface area contributed by atoms with Crippen molar-refractivity contribution in [2.75, 3.05) is 30.3 Å². The Hall–Kier alpha value is -2.98. The van der Waals surface area contributed by atoms with Gasteiger partial charge in [-0.05, 0) is 37.1 Å². The molecular weight excluding hydrogens is 448 g/mol. The third-order valence-electron chi connectivity index (χ3n) is 6.33. The number of thiophene rings is 1. The molecule has 7 nitrogen and oxygen atoms in total. The van der Waals surface area contributed by atoms with Gasteiger partial charge in [0.1, 0.15) is 22.1 Å². The van der Waals surface area contributed by atoms with E-state index in [1.165, 1.54) is 11.3 Å². The lowest BCUT2D eigenvalue weighted by Crippen LogP contribution is -2.42. The summed E-state index contributed by atoms with van der Waals surface area (Å²) in [6, 6.07) is 8.67. The number of nitrogens with two attached hydrogens (primary N) is 2. The summed E-state index contributed by atoms with van der Waals surface area (Å²) in [5.41, 5.74) is 15.2. The van der Waals surface area contributed by atoms with Crippen LogP contribution in [0.5, 0.6) is 5.75 Å². The number of pyridine rings is 1. The molecule has 0 saturated carbocycles. The first-order valence-corrected chi connectivity index (χ1v) is 11.6. The number of anilines is 2. The number of hydrogen-bond acceptors (Lipinski definition) is 7. The summed E-state index contributed by atoms with van der Waals surface area (Å²) in [5, 5.41) is 3.80. The molecule has 1 unspecified atom stereocenters. The minimum atomic E-state index is -2.43. The molecule has 3 aromatic rings. The van der Waals surface area contributed by atoms with E-state index in [-0.39, 0.29) is 18.5 Å². The number of hydrogen-bond donors (Lipinski definition) is 3. The Morgan fingerprint density at radius 3 is 2.88 bits per heavy atom. The Kier molecular flexibility index (Phi) is 5.57. The van der Waals surface area contributed by atoms with Gasteiger partial charge < -0.3 is 26.4 Å². The zero-order valence-electron chi connectivity index (χ0n) is 18.1. The van der Waals surface area contributed by atoms with Gasteiger partial charge in [0.25, 0.3) is 5.91 Å². The van der Waals surface area contributed by atoms with E-state index < -0.39 is 18.4 Å². The molecule has 174 valence electrons. The molecule has 10 heteroatoms. The van der Waals surface area contributed by atoms with Crippen molar-refractivity contribution in [1.29, 1.82) is 0 Å². The van der Waals surface area contributed by atoms with Crippen molar-refractivity contribution in [1.82, 2.24) is 10.3 Å². The van der Waals surface area contributed by atoms with E-state index in [2.05, 4.69) is 10.3 Å². The Morgan fingerprint density at radius 1 is 1.30 bits per heavy atom. The number of nitrogens with one attached hydrogen (secondary N) is 1. The predicted molar refractivity (Wildman–Crippen MR) is 125 cm³/mol. The Morgan fingerprint density at radius 2 is 2.12 bits per heavy atom. The number of nitrogens with zero attached hydrogens (tertiary/aromatic N) is 2. The molecular formula is C23H25F2N5O2S. The number of alkyl halides is 2. The largest absolute Gasteiger partial charge is 0.491 e. The molecule has 5 rings (SSSR count). The first-order valence-electron chi connectivity index (χ1n) is 10.8. The molecule has 0 aliphatic carbocycles. The summed E-state index contributed by atoms with van der Waals surface area (Å²) in [6.45, 7) is 2.81. The average molecular weight is 474 g/mol. The van der Waals surface area contributed by atoms with Gasteiger partial charge in [-0.3, -0.25) is 4.79 Å². The lowest BCUT2D eigenvalue weighted by molar-refractivity contribution is 0.0804. The minimum Gasteiger partial charge on any atom is -0.491 e. The number of halogens is 2. The van der Waals surface area contributed by atoms with Crippen LogP contribution in [0.4, 0.5) is 20.2 Å². The van der Waals surface area contributed by atoms with Crippen molar-refractivity contribution >= 4 is 38.8 Å². The van der Waals surface area contributed by atoms with E-state index >= 15 is 0 Å². The third-order valence-corrected chi connectivity index (χ3v) is 7.45. The number of fused-ring (bicyclic) bond motifs is 2. The Balaban J connectivity index is 1.27. The van der Waals surface area contributed by atoms with E-state index in [1.807, 2.05) is 42.2 Å². The van der Waals surface area contributed by atoms with Crippen molar-refractivity contribution in [3.05, 3.63) is 46.5 Å². The highest BCUT2D eigenvalue weighted by molar-refractivity contribution is 7.21. The molecule has 4 heterocycles. The standard InChI is InChI=1S/C23H25F2N5O2S/c1-11-2-5-15-19(27)20(33-23(15)28-11)22(31)29-13-6-12-3-4-14(7-18(12)32-10-13)30-8-16(21(24)25)17(26)9-30/h2-5,7,13,16-17,21H,6,8-10,26-27H2,1H3,(H,29,31)/t13-,16?,17+/m1/s1. The van der Waals surface area contributed by atoms with E-state index in [4.69, 9.17) is 16.2 Å². The number of carbonyl (C=O) groups is 1. The van der Waals surface area contributed by atoms with Crippen LogP contribution in [0.1, 0.15) is 20.9 Å². The summed E-state index contributed by atoms with van der Waals surface area (Å²) in [7, 11) is 0. The molecule has 3 atom stereocenters. The number of rotatable bonds is 4. The van der Waals surface area contributed by atoms with Crippen LogP contribution in [0.3, 0.4) is 0 Å². The summed E-state index contributed by atoms with van der Waals surface area (Å²) < 4.78 is 32.2. The highest BCUT2D eigenvalue weighted by Crippen LogP contribution is 2.35. The molecule has 33 heavy (non-hydrogen) atoms. The maximum absolute atomic E-state index is 13.1. The second-order valence-electron chi connectivity index (χ2n) is 8.69. The summed E-state index contributed by atoms with van der Waals surface area (Å²) in [6.07, 6.45) is -1.83. The fraction of sp³-hybridized carbons (Fsp3) is 0.391. The van der Waals surface area contributed by atoms with Gasteiger partial charge in [-0.1, -0.05) is 6.07 Å². The van der Waals surface area contributed by atoms with Gasteiger partial charge in [-0.25, -0.2) is 13.8 Å². The molecule has 1 aromatic carbocycles. The van der Waals surface area contributed by atoms with Crippen LogP contribution in [-0.4, -0.2) is 49.1 Å². The van der Waals surface area contributed by atoms with Crippen LogP contribution in [-0.2, 0) is 6.42 Å². The first kappa shape index (κ1) is 21.8. The van der Waals surface area contributed by atoms with Gasteiger partial charge >= 0.3 is 0 Å². The second kappa shape index (κ2) is 8.42. The fourth-order valence-electron chi connectivity index (χ4n) is 4.49. The molecule has 1 fully saturated rings. The minimum absolute atomic E-state index is 0.210. The van der Waals surface area contributed by atoms with Crippen LogP contribution < -0.4 is 26.4 Å². The molecule has 5 N–H and O–H groups in total. The van der Waals surface area contributed by atoms with Crippen molar-refractivity contribution in [3.63, 3.8) is 0 Å². The lowest BCUT2D eigenvalue weighted by Gasteiger charge is -2.28. The molecule has 2 aliphatic rings. The van der Waals surface area contributed by atoms with Crippen LogP contribution in [0.25, 0.3) is 10.2 Å². The van der Waals surface area contributed by atoms with Crippen LogP contribution in [0.15, 0.2) is 30.3 Å². The van der Waals surface area contributed by atoms with Gasteiger partial charge in [0.2, 0.25) is 6.43 Å². The van der Waals surface area contributed by atoms with Crippen LogP contribution in [0.2, 0.25) is 0 Å². The quantitative estimate of drug-likeness (QED) is 0.538. The summed E-state index contributed by atoms with van der Waals surface area (Å²) >= 11 is 1.28. The Bertz CT molecular complexity index is 1220. The number of ether oxygens (including phenoxy) is 1. The van der Waals surface area contributed by atoms with E-state index in [0.29, 0.717) is 35.9 Å². The number of benzene rings is 1. The highest BCUT2D eigenvalue weighted by atomic mass is 32.1. The predicted octanol–water partition coefficient (Wildman–Crippen LogP) is 2.95. The summed E-state index contributed by atoms with van der Waals surface area (Å²) in [5.74, 6) is -0.374. The van der Waals surface area contributed by atoms with Gasteiger partial charge in [0.05, 0.1) is 17.6 Å². The first-order chi connectivity index (χ1) is 15.8. The average Bonchev–Trinajstić information content (AvgIpc) is 3.33. The molecule has 0 radical (unpaired) electrons. The van der Waals surface area contributed by atoms with Crippen molar-refractivity contribution < 1.29 is 18.3 Å². The van der Waals surface area contributed by atoms with Gasteiger partial charge in [-0.2, -0.15) is 0 Å². The normalized spacial score (nSPS) is 22.5. The van der Waals surface area contributed by atoms with E-state index in [1.54, 1.807) is 0 Å². The second-order valence-corrected chi connectivity index (χ2v) is 9.69. The number of amides is 1. The van der Waals surface area contributed by atoms with E-state index in [0.717, 1.165) is 27.2 Å². The maximum atomic E-state index is 13.1. The monoisotopic (exact) mass is 473 g/mol. The zero-order chi connectivity index (χ0) is 23.3. The van der Waals surface area contributed by atoms with Crippen molar-refractivity contribution in [2.45, 2.75) is 31.9 Å². The molecule has 1 amide bonds. The Labute approximate surface area is 193 Å². The maximum Gasteiger partial charge on any atom is 0.263 e. The summed E-state index contributed by atoms with van der Waals surface area (Å²) in [4.78, 5) is 20.4. The number of aromatic nitrogens is 1. The number of aryl methyl sites for hydroxylation is 1. The smallest absolute Gasteiger partial charge is 0.263 e. The third kappa shape index (κ3) is 4.08. The zero-order valence-corrected chi connectivity index (χ0v) is 18.9. The van der Waals surface area contributed by atoms with Crippen LogP contribution >= 0.6 is 11.3 Å². The molecule has 2 aromatic heterocycles. The molecule has 0 bridgehead atoms. The molecule has 1 saturated heterocycles. The van der Waals surface area contributed by atoms with Gasteiger partial charge in [0.15, 0.2) is 0 Å². The lowest BCUT2D eigenvalue weighted by atomic mass is 10.0. The van der Waals surface area contributed by atoms with E-state index in [9.17, 15) is 13.6 Å². The van der Waals surface area contributed by atoms with Gasteiger partial charge in [0, 0.05) is 42.0 Å². The van der Waals surface area contributed by atoms with Crippen molar-refractivity contribution in [3.8, 4) is 5.75 Å². The molecule has 0 spiro atoms. The number of carbonyl (C=O) groups excluding carboxylic acids is 1. The van der Waals surface area contributed by atoms with Crippen LogP contribution in [0, 0.1) is 12.8 Å². The molecule has 2 aliphatic heterocycles. The fourth-order valence-corrected chi connectivity index (χ4v) is 5.53. The number of nitrogen functional groups attached to an aromatic ring is 1. The topological polar surface area (TPSA) is 106 Å². The van der Waals surface area contributed by atoms with Gasteiger partial charge in [-0.15, -0.1) is 11.3 Å². The van der Waals surface area contributed by atoms with Crippen molar-refractivity contribution in [2.24, 2.45) is 11.7 Å².